The summed E-state index contributed by atoms with van der Waals surface area (Å²) in [6, 6.07) is 6.32. The number of rotatable bonds is 3. The summed E-state index contributed by atoms with van der Waals surface area (Å²) in [5.41, 5.74) is 0.483. The minimum absolute atomic E-state index is 0.204. The standard InChI is InChI=1S/C11H12O4/c1-14-10(12)7-8-5-3-4-6-9(8)11(13)15-2/h3-6H,7H2,1-2H3/i7D. The average molecular weight is 209 g/mol. The van der Waals surface area contributed by atoms with Gasteiger partial charge < -0.3 is 9.47 Å². The van der Waals surface area contributed by atoms with Crippen LogP contribution in [-0.2, 0) is 20.7 Å². The van der Waals surface area contributed by atoms with E-state index in [0.29, 0.717) is 0 Å². The molecule has 1 rings (SSSR count). The first-order chi connectivity index (χ1) is 7.61. The molecule has 1 atom stereocenters. The molecule has 4 heteroatoms. The molecule has 0 aromatic heterocycles. The van der Waals surface area contributed by atoms with Gasteiger partial charge in [0.2, 0.25) is 0 Å². The lowest BCUT2D eigenvalue weighted by Crippen LogP contribution is -2.10. The topological polar surface area (TPSA) is 52.6 Å². The van der Waals surface area contributed by atoms with Crippen LogP contribution in [0.25, 0.3) is 0 Å². The summed E-state index contributed by atoms with van der Waals surface area (Å²) in [6.45, 7) is 0. The Balaban J connectivity index is 3.13. The summed E-state index contributed by atoms with van der Waals surface area (Å²) in [6.07, 6.45) is -1.24. The van der Waals surface area contributed by atoms with Gasteiger partial charge in [-0.1, -0.05) is 18.2 Å². The fourth-order valence-electron chi connectivity index (χ4n) is 1.10. The Morgan fingerprint density at radius 3 is 2.53 bits per heavy atom. The van der Waals surface area contributed by atoms with Crippen molar-refractivity contribution in [3.63, 3.8) is 0 Å². The van der Waals surface area contributed by atoms with E-state index < -0.39 is 18.3 Å². The molecular formula is C11H12O4. The van der Waals surface area contributed by atoms with E-state index in [-0.39, 0.29) is 11.1 Å². The average Bonchev–Trinajstić information content (AvgIpc) is 2.35. The van der Waals surface area contributed by atoms with Gasteiger partial charge in [-0.25, -0.2) is 4.79 Å². The first kappa shape index (κ1) is 9.71. The Kier molecular flexibility index (Phi) is 3.33. The molecule has 0 fully saturated rings. The highest BCUT2D eigenvalue weighted by molar-refractivity contribution is 5.92. The van der Waals surface area contributed by atoms with Crippen LogP contribution < -0.4 is 0 Å². The third-order valence-electron chi connectivity index (χ3n) is 1.84. The van der Waals surface area contributed by atoms with E-state index in [0.717, 1.165) is 0 Å². The summed E-state index contributed by atoms with van der Waals surface area (Å²) in [5.74, 6) is -1.28. The number of methoxy groups -OCH3 is 2. The van der Waals surface area contributed by atoms with Gasteiger partial charge in [-0.2, -0.15) is 0 Å². The number of esters is 2. The molecule has 1 unspecified atom stereocenters. The molecule has 0 saturated heterocycles. The van der Waals surface area contributed by atoms with E-state index in [9.17, 15) is 9.59 Å². The van der Waals surface area contributed by atoms with Crippen LogP contribution in [-0.4, -0.2) is 26.2 Å². The zero-order valence-electron chi connectivity index (χ0n) is 9.52. The maximum absolute atomic E-state index is 11.4. The molecule has 0 aliphatic heterocycles. The highest BCUT2D eigenvalue weighted by atomic mass is 16.5. The van der Waals surface area contributed by atoms with Crippen LogP contribution in [0.15, 0.2) is 24.3 Å². The monoisotopic (exact) mass is 209 g/mol. The fraction of sp³-hybridized carbons (Fsp3) is 0.273. The Morgan fingerprint density at radius 1 is 1.27 bits per heavy atom. The number of benzene rings is 1. The minimum atomic E-state index is -1.24. The third kappa shape index (κ3) is 2.80. The van der Waals surface area contributed by atoms with Crippen LogP contribution in [0.5, 0.6) is 0 Å². The summed E-state index contributed by atoms with van der Waals surface area (Å²) >= 11 is 0. The largest absolute Gasteiger partial charge is 0.469 e. The molecule has 0 saturated carbocycles. The quantitative estimate of drug-likeness (QED) is 0.701. The zero-order chi connectivity index (χ0) is 12.1. The van der Waals surface area contributed by atoms with Crippen molar-refractivity contribution in [2.24, 2.45) is 0 Å². The second-order valence-electron chi connectivity index (χ2n) is 2.75. The lowest BCUT2D eigenvalue weighted by Gasteiger charge is -2.05. The van der Waals surface area contributed by atoms with Gasteiger partial charge in [-0.3, -0.25) is 4.79 Å². The Morgan fingerprint density at radius 2 is 1.93 bits per heavy atom. The maximum Gasteiger partial charge on any atom is 0.338 e. The Labute approximate surface area is 89.2 Å². The van der Waals surface area contributed by atoms with Crippen LogP contribution in [0.4, 0.5) is 0 Å². The van der Waals surface area contributed by atoms with Crippen LogP contribution in [0.3, 0.4) is 0 Å². The molecule has 0 bridgehead atoms. The highest BCUT2D eigenvalue weighted by Gasteiger charge is 2.13. The minimum Gasteiger partial charge on any atom is -0.469 e. The van der Waals surface area contributed by atoms with Crippen LogP contribution >= 0.6 is 0 Å². The van der Waals surface area contributed by atoms with Crippen molar-refractivity contribution in [3.8, 4) is 0 Å². The zero-order valence-corrected chi connectivity index (χ0v) is 8.52. The van der Waals surface area contributed by atoms with E-state index in [1.165, 1.54) is 26.4 Å². The molecule has 0 radical (unpaired) electrons. The van der Waals surface area contributed by atoms with Crippen molar-refractivity contribution in [3.05, 3.63) is 35.4 Å². The van der Waals surface area contributed by atoms with E-state index in [1.807, 2.05) is 0 Å². The molecule has 4 nitrogen and oxygen atoms in total. The van der Waals surface area contributed by atoms with Gasteiger partial charge in [-0.15, -0.1) is 0 Å². The molecule has 80 valence electrons. The molecule has 0 N–H and O–H groups in total. The van der Waals surface area contributed by atoms with Crippen molar-refractivity contribution in [2.75, 3.05) is 14.2 Å². The molecule has 0 heterocycles. The Bertz CT molecular complexity index is 403. The Hall–Kier alpha value is -1.84. The summed E-state index contributed by atoms with van der Waals surface area (Å²) in [5, 5.41) is 0. The van der Waals surface area contributed by atoms with Crippen LogP contribution in [0.2, 0.25) is 0 Å². The van der Waals surface area contributed by atoms with Gasteiger partial charge >= 0.3 is 11.9 Å². The molecule has 15 heavy (non-hydrogen) atoms. The van der Waals surface area contributed by atoms with E-state index in [2.05, 4.69) is 9.47 Å². The fourth-order valence-corrected chi connectivity index (χ4v) is 1.10. The predicted molar refractivity (Wildman–Crippen MR) is 53.5 cm³/mol. The summed E-state index contributed by atoms with van der Waals surface area (Å²) in [7, 11) is 2.45. The van der Waals surface area contributed by atoms with Gasteiger partial charge in [-0.05, 0) is 11.6 Å². The van der Waals surface area contributed by atoms with Crippen molar-refractivity contribution in [2.45, 2.75) is 6.40 Å². The van der Waals surface area contributed by atoms with Gasteiger partial charge in [0.15, 0.2) is 0 Å². The van der Waals surface area contributed by atoms with Gasteiger partial charge in [0.25, 0.3) is 0 Å². The molecular weight excluding hydrogens is 196 g/mol. The summed E-state index contributed by atoms with van der Waals surface area (Å²) < 4.78 is 16.7. The maximum atomic E-state index is 11.4. The SMILES string of the molecule is [2H]C(C(=O)OC)c1ccccc1C(=O)OC. The number of carbonyl (C=O) groups excluding carboxylic acids is 2. The smallest absolute Gasteiger partial charge is 0.338 e. The highest BCUT2D eigenvalue weighted by Crippen LogP contribution is 2.11. The number of hydrogen-bond acceptors (Lipinski definition) is 4. The van der Waals surface area contributed by atoms with E-state index >= 15 is 0 Å². The molecule has 0 aliphatic rings. The molecule has 0 spiro atoms. The molecule has 0 amide bonds. The lowest BCUT2D eigenvalue weighted by molar-refractivity contribution is -0.139. The molecule has 1 aromatic rings. The van der Waals surface area contributed by atoms with Crippen molar-refractivity contribution in [1.82, 2.24) is 0 Å². The second-order valence-corrected chi connectivity index (χ2v) is 2.75. The van der Waals surface area contributed by atoms with Crippen LogP contribution in [0.1, 0.15) is 17.3 Å². The van der Waals surface area contributed by atoms with E-state index in [4.69, 9.17) is 1.37 Å². The van der Waals surface area contributed by atoms with Crippen molar-refractivity contribution >= 4 is 11.9 Å². The second kappa shape index (κ2) is 5.14. The normalized spacial score (nSPS) is 12.5. The number of carbonyl (C=O) groups is 2. The number of ether oxygens (including phenoxy) is 2. The van der Waals surface area contributed by atoms with Crippen molar-refractivity contribution in [1.29, 1.82) is 0 Å². The summed E-state index contributed by atoms with van der Waals surface area (Å²) in [4.78, 5) is 22.6. The first-order valence-electron chi connectivity index (χ1n) is 4.87. The third-order valence-corrected chi connectivity index (χ3v) is 1.84. The van der Waals surface area contributed by atoms with Crippen LogP contribution in [0, 0.1) is 0 Å². The van der Waals surface area contributed by atoms with Gasteiger partial charge in [0.1, 0.15) is 0 Å². The predicted octanol–water partition coefficient (Wildman–Crippen LogP) is 1.19. The molecule has 0 aliphatic carbocycles. The van der Waals surface area contributed by atoms with Gasteiger partial charge in [0, 0.05) is 1.37 Å². The lowest BCUT2D eigenvalue weighted by atomic mass is 10.1. The van der Waals surface area contributed by atoms with E-state index in [1.54, 1.807) is 12.1 Å². The number of hydrogen-bond donors (Lipinski definition) is 0. The first-order valence-corrected chi connectivity index (χ1v) is 4.29. The van der Waals surface area contributed by atoms with Gasteiger partial charge in [0.05, 0.1) is 26.2 Å². The van der Waals surface area contributed by atoms with Crippen molar-refractivity contribution < 1.29 is 20.4 Å². The molecule has 1 aromatic carbocycles.